The van der Waals surface area contributed by atoms with Gasteiger partial charge in [0.2, 0.25) is 0 Å². The molecule has 1 unspecified atom stereocenters. The molecule has 19 heavy (non-hydrogen) atoms. The van der Waals surface area contributed by atoms with Crippen molar-refractivity contribution in [3.8, 4) is 0 Å². The third-order valence-corrected chi connectivity index (χ3v) is 3.45. The number of fused-ring (bicyclic) bond motifs is 1. The molecule has 1 heterocycles. The summed E-state index contributed by atoms with van der Waals surface area (Å²) in [4.78, 5) is 0. The zero-order valence-electron chi connectivity index (χ0n) is 11.0. The lowest BCUT2D eigenvalue weighted by Crippen LogP contribution is -2.37. The Labute approximate surface area is 113 Å². The number of benzene rings is 2. The molecule has 1 saturated heterocycles. The Balaban J connectivity index is 1.62. The molecule has 1 aliphatic heterocycles. The summed E-state index contributed by atoms with van der Waals surface area (Å²) in [6, 6.07) is 14.9. The van der Waals surface area contributed by atoms with Gasteiger partial charge in [0.05, 0.1) is 25.9 Å². The first-order chi connectivity index (χ1) is 9.43. The fraction of sp³-hybridized carbons (Fsp3) is 0.375. The lowest BCUT2D eigenvalue weighted by Gasteiger charge is -2.23. The van der Waals surface area contributed by atoms with E-state index in [0.29, 0.717) is 13.2 Å². The number of hydrogen-bond donors (Lipinski definition) is 1. The zero-order chi connectivity index (χ0) is 12.9. The van der Waals surface area contributed by atoms with Crippen LogP contribution in [-0.2, 0) is 16.0 Å². The molecule has 3 nitrogen and oxygen atoms in total. The molecule has 0 amide bonds. The zero-order valence-corrected chi connectivity index (χ0v) is 11.0. The minimum atomic E-state index is 0.184. The molecular weight excluding hydrogens is 238 g/mol. The second-order valence-electron chi connectivity index (χ2n) is 4.84. The summed E-state index contributed by atoms with van der Waals surface area (Å²) in [6.07, 6.45) is 0.184. The molecule has 1 fully saturated rings. The van der Waals surface area contributed by atoms with Gasteiger partial charge in [-0.2, -0.15) is 0 Å². The van der Waals surface area contributed by atoms with Crippen molar-refractivity contribution in [3.63, 3.8) is 0 Å². The number of ether oxygens (including phenoxy) is 2. The third-order valence-electron chi connectivity index (χ3n) is 3.45. The van der Waals surface area contributed by atoms with Crippen molar-refractivity contribution in [3.05, 3.63) is 48.0 Å². The van der Waals surface area contributed by atoms with Crippen molar-refractivity contribution in [1.82, 2.24) is 5.32 Å². The van der Waals surface area contributed by atoms with Crippen LogP contribution in [0, 0.1) is 0 Å². The van der Waals surface area contributed by atoms with E-state index in [0.717, 1.165) is 19.7 Å². The summed E-state index contributed by atoms with van der Waals surface area (Å²) >= 11 is 0. The topological polar surface area (TPSA) is 30.5 Å². The van der Waals surface area contributed by atoms with Gasteiger partial charge in [-0.3, -0.25) is 0 Å². The first kappa shape index (κ1) is 12.6. The average molecular weight is 257 g/mol. The van der Waals surface area contributed by atoms with Crippen LogP contribution in [0.2, 0.25) is 0 Å². The van der Waals surface area contributed by atoms with Gasteiger partial charge in [0.1, 0.15) is 0 Å². The van der Waals surface area contributed by atoms with E-state index in [1.165, 1.54) is 16.3 Å². The van der Waals surface area contributed by atoms with E-state index >= 15 is 0 Å². The van der Waals surface area contributed by atoms with Crippen LogP contribution in [0.3, 0.4) is 0 Å². The Morgan fingerprint density at radius 3 is 2.84 bits per heavy atom. The fourth-order valence-electron chi connectivity index (χ4n) is 2.47. The Hall–Kier alpha value is -1.42. The van der Waals surface area contributed by atoms with Crippen molar-refractivity contribution in [1.29, 1.82) is 0 Å². The van der Waals surface area contributed by atoms with E-state index in [4.69, 9.17) is 9.47 Å². The van der Waals surface area contributed by atoms with Crippen LogP contribution in [0.4, 0.5) is 0 Å². The summed E-state index contributed by atoms with van der Waals surface area (Å²) in [5, 5.41) is 6.07. The van der Waals surface area contributed by atoms with Gasteiger partial charge < -0.3 is 14.8 Å². The highest BCUT2D eigenvalue weighted by molar-refractivity contribution is 5.85. The lowest BCUT2D eigenvalue weighted by molar-refractivity contribution is -0.0864. The Morgan fingerprint density at radius 2 is 1.95 bits per heavy atom. The van der Waals surface area contributed by atoms with Crippen LogP contribution in [0.15, 0.2) is 42.5 Å². The SMILES string of the molecule is c1ccc2c(CNCC3COCCO3)cccc2c1. The molecule has 3 rings (SSSR count). The van der Waals surface area contributed by atoms with Gasteiger partial charge in [-0.25, -0.2) is 0 Å². The van der Waals surface area contributed by atoms with Crippen LogP contribution in [0.5, 0.6) is 0 Å². The Kier molecular flexibility index (Phi) is 4.08. The fourth-order valence-corrected chi connectivity index (χ4v) is 2.47. The summed E-state index contributed by atoms with van der Waals surface area (Å²) in [5.41, 5.74) is 1.33. The molecule has 0 aliphatic carbocycles. The molecule has 100 valence electrons. The molecule has 0 radical (unpaired) electrons. The quantitative estimate of drug-likeness (QED) is 0.912. The summed E-state index contributed by atoms with van der Waals surface area (Å²) in [7, 11) is 0. The first-order valence-corrected chi connectivity index (χ1v) is 6.80. The van der Waals surface area contributed by atoms with E-state index < -0.39 is 0 Å². The van der Waals surface area contributed by atoms with Crippen molar-refractivity contribution in [2.24, 2.45) is 0 Å². The minimum Gasteiger partial charge on any atom is -0.376 e. The van der Waals surface area contributed by atoms with Crippen LogP contribution in [0.25, 0.3) is 10.8 Å². The Bertz CT molecular complexity index is 530. The van der Waals surface area contributed by atoms with Crippen LogP contribution < -0.4 is 5.32 Å². The van der Waals surface area contributed by atoms with Crippen molar-refractivity contribution in [2.75, 3.05) is 26.4 Å². The molecule has 1 atom stereocenters. The normalized spacial score (nSPS) is 19.7. The van der Waals surface area contributed by atoms with E-state index in [1.54, 1.807) is 0 Å². The second-order valence-corrected chi connectivity index (χ2v) is 4.84. The van der Waals surface area contributed by atoms with Gasteiger partial charge in [0.15, 0.2) is 0 Å². The molecule has 1 N–H and O–H groups in total. The highest BCUT2D eigenvalue weighted by atomic mass is 16.6. The van der Waals surface area contributed by atoms with Gasteiger partial charge in [-0.05, 0) is 16.3 Å². The van der Waals surface area contributed by atoms with Gasteiger partial charge >= 0.3 is 0 Å². The monoisotopic (exact) mass is 257 g/mol. The number of nitrogens with one attached hydrogen (secondary N) is 1. The van der Waals surface area contributed by atoms with Crippen LogP contribution >= 0.6 is 0 Å². The molecule has 0 saturated carbocycles. The van der Waals surface area contributed by atoms with Gasteiger partial charge in [0.25, 0.3) is 0 Å². The van der Waals surface area contributed by atoms with Gasteiger partial charge in [-0.1, -0.05) is 42.5 Å². The van der Waals surface area contributed by atoms with Crippen LogP contribution in [0.1, 0.15) is 5.56 Å². The van der Waals surface area contributed by atoms with E-state index in [1.807, 2.05) is 0 Å². The molecule has 3 heteroatoms. The number of hydrogen-bond acceptors (Lipinski definition) is 3. The highest BCUT2D eigenvalue weighted by Crippen LogP contribution is 2.18. The summed E-state index contributed by atoms with van der Waals surface area (Å²) < 4.78 is 11.0. The van der Waals surface area contributed by atoms with Crippen molar-refractivity contribution >= 4 is 10.8 Å². The predicted octanol–water partition coefficient (Wildman–Crippen LogP) is 2.34. The smallest absolute Gasteiger partial charge is 0.0933 e. The average Bonchev–Trinajstić information content (AvgIpc) is 2.49. The van der Waals surface area contributed by atoms with Crippen LogP contribution in [-0.4, -0.2) is 32.5 Å². The summed E-state index contributed by atoms with van der Waals surface area (Å²) in [5.74, 6) is 0. The van der Waals surface area contributed by atoms with E-state index in [9.17, 15) is 0 Å². The highest BCUT2D eigenvalue weighted by Gasteiger charge is 2.13. The maximum Gasteiger partial charge on any atom is 0.0933 e. The maximum atomic E-state index is 5.62. The maximum absolute atomic E-state index is 5.62. The molecule has 1 aliphatic rings. The van der Waals surface area contributed by atoms with E-state index in [2.05, 4.69) is 47.8 Å². The molecule has 2 aromatic rings. The molecular formula is C16H19NO2. The Morgan fingerprint density at radius 1 is 1.05 bits per heavy atom. The van der Waals surface area contributed by atoms with Crippen molar-refractivity contribution in [2.45, 2.75) is 12.6 Å². The van der Waals surface area contributed by atoms with Gasteiger partial charge in [-0.15, -0.1) is 0 Å². The predicted molar refractivity (Wildman–Crippen MR) is 76.2 cm³/mol. The van der Waals surface area contributed by atoms with E-state index in [-0.39, 0.29) is 6.10 Å². The first-order valence-electron chi connectivity index (χ1n) is 6.80. The molecule has 0 aromatic heterocycles. The standard InChI is InChI=1S/C16H19NO2/c1-2-7-16-13(4-1)5-3-6-14(16)10-17-11-15-12-18-8-9-19-15/h1-7,15,17H,8-12H2. The number of rotatable bonds is 4. The van der Waals surface area contributed by atoms with Gasteiger partial charge in [0, 0.05) is 13.1 Å². The third kappa shape index (κ3) is 3.13. The van der Waals surface area contributed by atoms with Crippen molar-refractivity contribution < 1.29 is 9.47 Å². The second kappa shape index (κ2) is 6.15. The molecule has 0 spiro atoms. The lowest BCUT2D eigenvalue weighted by atomic mass is 10.0. The minimum absolute atomic E-state index is 0.184. The largest absolute Gasteiger partial charge is 0.376 e. The molecule has 2 aromatic carbocycles. The summed E-state index contributed by atoms with van der Waals surface area (Å²) in [6.45, 7) is 3.83. The molecule has 0 bridgehead atoms.